The first-order valence-corrected chi connectivity index (χ1v) is 15.4. The minimum atomic E-state index is -0.330. The van der Waals surface area contributed by atoms with E-state index in [-0.39, 0.29) is 17.7 Å². The summed E-state index contributed by atoms with van der Waals surface area (Å²) < 4.78 is 11.7. The van der Waals surface area contributed by atoms with Crippen molar-refractivity contribution in [1.29, 1.82) is 0 Å². The molecule has 0 bridgehead atoms. The molecule has 7 heteroatoms. The third-order valence-electron chi connectivity index (χ3n) is 8.96. The summed E-state index contributed by atoms with van der Waals surface area (Å²) in [6.07, 6.45) is 8.22. The summed E-state index contributed by atoms with van der Waals surface area (Å²) >= 11 is 1.50. The largest absolute Gasteiger partial charge is 0.483 e. The predicted molar refractivity (Wildman–Crippen MR) is 177 cm³/mol. The van der Waals surface area contributed by atoms with E-state index in [1.54, 1.807) is 4.40 Å². The number of para-hydroxylation sites is 2. The van der Waals surface area contributed by atoms with E-state index >= 15 is 0 Å². The number of thiazole rings is 1. The van der Waals surface area contributed by atoms with Gasteiger partial charge in [0, 0.05) is 27.8 Å². The van der Waals surface area contributed by atoms with E-state index in [1.807, 2.05) is 30.3 Å². The molecule has 0 saturated heterocycles. The van der Waals surface area contributed by atoms with Crippen LogP contribution in [0, 0.1) is 0 Å². The van der Waals surface area contributed by atoms with Gasteiger partial charge in [-0.25, -0.2) is 9.20 Å². The Kier molecular flexibility index (Phi) is 4.77. The number of hydrogen-bond acceptors (Lipinski definition) is 5. The minimum absolute atomic E-state index is 0.0247. The van der Waals surface area contributed by atoms with Crippen LogP contribution >= 0.6 is 11.3 Å². The average molecular weight is 587 g/mol. The van der Waals surface area contributed by atoms with E-state index in [0.29, 0.717) is 10.8 Å². The number of benzene rings is 5. The van der Waals surface area contributed by atoms with Crippen LogP contribution in [0.5, 0.6) is 5.75 Å². The Hall–Kier alpha value is -5.53. The molecule has 2 unspecified atom stereocenters. The molecule has 0 spiro atoms. The number of aromatic nitrogens is 4. The minimum Gasteiger partial charge on any atom is -0.483 e. The zero-order chi connectivity index (χ0) is 28.9. The van der Waals surface area contributed by atoms with Crippen LogP contribution in [0.1, 0.15) is 11.5 Å². The highest BCUT2D eigenvalue weighted by Crippen LogP contribution is 2.50. The molecule has 2 atom stereocenters. The van der Waals surface area contributed by atoms with Crippen molar-refractivity contribution in [2.75, 3.05) is 0 Å². The molecule has 0 radical (unpaired) electrons. The van der Waals surface area contributed by atoms with Crippen molar-refractivity contribution in [3.63, 3.8) is 0 Å². The van der Waals surface area contributed by atoms with Crippen LogP contribution in [-0.2, 0) is 0 Å². The number of allylic oxidation sites excluding steroid dienone is 2. The first-order chi connectivity index (χ1) is 21.7. The van der Waals surface area contributed by atoms with E-state index in [0.717, 1.165) is 43.8 Å². The zero-order valence-electron chi connectivity index (χ0n) is 23.2. The molecule has 10 rings (SSSR count). The van der Waals surface area contributed by atoms with Gasteiger partial charge in [0.1, 0.15) is 11.9 Å². The highest BCUT2D eigenvalue weighted by atomic mass is 32.1. The lowest BCUT2D eigenvalue weighted by molar-refractivity contribution is 0.268. The molecule has 0 amide bonds. The molecule has 1 aliphatic heterocycles. The molecule has 0 saturated carbocycles. The molecule has 2 aliphatic rings. The van der Waals surface area contributed by atoms with E-state index < -0.39 is 0 Å². The molecule has 44 heavy (non-hydrogen) atoms. The number of ether oxygens (including phenoxy) is 1. The van der Waals surface area contributed by atoms with Gasteiger partial charge in [-0.3, -0.25) is 0 Å². The number of nitrogens with zero attached hydrogens (tertiary/aromatic N) is 4. The van der Waals surface area contributed by atoms with Gasteiger partial charge >= 0.3 is 5.69 Å². The lowest BCUT2D eigenvalue weighted by atomic mass is 9.88. The van der Waals surface area contributed by atoms with Gasteiger partial charge in [0.15, 0.2) is 5.82 Å². The van der Waals surface area contributed by atoms with Gasteiger partial charge in [-0.2, -0.15) is 9.97 Å². The van der Waals surface area contributed by atoms with Gasteiger partial charge in [-0.05, 0) is 59.3 Å². The molecule has 4 heterocycles. The van der Waals surface area contributed by atoms with Crippen LogP contribution in [0.3, 0.4) is 0 Å². The third kappa shape index (κ3) is 3.21. The first-order valence-electron chi connectivity index (χ1n) is 14.6. The van der Waals surface area contributed by atoms with Gasteiger partial charge in [0.05, 0.1) is 26.9 Å². The molecule has 3 aromatic heterocycles. The second-order valence-corrected chi connectivity index (χ2v) is 12.3. The van der Waals surface area contributed by atoms with Gasteiger partial charge in [-0.15, -0.1) is 0 Å². The fraction of sp³-hybridized carbons (Fsp3) is 0.0541. The van der Waals surface area contributed by atoms with Gasteiger partial charge < -0.3 is 9.30 Å². The molecule has 5 aromatic carbocycles. The standard InChI is InChI=1S/C37H22N4O2S/c42-36-38-35(39-37-41(36)28-14-6-8-16-32(28)44-37)25-17-18-29(34-33(25)24-12-4-7-15-31(24)43-34)40-27-13-5-3-11-23(27)26-19-21-9-1-2-10-22(21)20-30(26)40/h1-20,24,31H. The Bertz CT molecular complexity index is 2640. The Morgan fingerprint density at radius 2 is 1.50 bits per heavy atom. The second kappa shape index (κ2) is 8.75. The van der Waals surface area contributed by atoms with Gasteiger partial charge in [0.25, 0.3) is 0 Å². The van der Waals surface area contributed by atoms with E-state index in [1.165, 1.54) is 32.9 Å². The molecule has 6 nitrogen and oxygen atoms in total. The predicted octanol–water partition coefficient (Wildman–Crippen LogP) is 8.19. The molecule has 0 N–H and O–H groups in total. The highest BCUT2D eigenvalue weighted by molar-refractivity contribution is 7.23. The summed E-state index contributed by atoms with van der Waals surface area (Å²) in [5, 5.41) is 4.77. The quantitative estimate of drug-likeness (QED) is 0.205. The monoisotopic (exact) mass is 586 g/mol. The summed E-state index contributed by atoms with van der Waals surface area (Å²) in [5.74, 6) is 1.19. The maximum Gasteiger partial charge on any atom is 0.356 e. The number of hydrogen-bond donors (Lipinski definition) is 0. The molecular formula is C37H22N4O2S. The SMILES string of the molecule is O=c1nc(-c2ccc(-n3c4ccccc4c4cc5ccccc5cc43)c3c2C2C=CC=CC2O3)nc2sc3ccccc3n12. The first kappa shape index (κ1) is 24.0. The molecular weight excluding hydrogens is 565 g/mol. The van der Waals surface area contributed by atoms with Crippen LogP contribution in [-0.4, -0.2) is 25.0 Å². The van der Waals surface area contributed by atoms with E-state index in [4.69, 9.17) is 9.72 Å². The fourth-order valence-corrected chi connectivity index (χ4v) is 8.04. The molecule has 0 fully saturated rings. The Balaban J connectivity index is 1.27. The van der Waals surface area contributed by atoms with Crippen LogP contribution < -0.4 is 10.4 Å². The third-order valence-corrected chi connectivity index (χ3v) is 9.98. The van der Waals surface area contributed by atoms with Crippen LogP contribution in [0.2, 0.25) is 0 Å². The van der Waals surface area contributed by atoms with Crippen molar-refractivity contribution < 1.29 is 4.74 Å². The summed E-state index contributed by atoms with van der Waals surface area (Å²) in [6.45, 7) is 0. The molecule has 1 aliphatic carbocycles. The second-order valence-electron chi connectivity index (χ2n) is 11.3. The zero-order valence-corrected chi connectivity index (χ0v) is 24.0. The lowest BCUT2D eigenvalue weighted by Crippen LogP contribution is -2.19. The molecule has 8 aromatic rings. The normalized spacial score (nSPS) is 17.2. The Labute approximate surface area is 254 Å². The van der Waals surface area contributed by atoms with Crippen molar-refractivity contribution >= 4 is 59.1 Å². The van der Waals surface area contributed by atoms with Crippen LogP contribution in [0.4, 0.5) is 0 Å². The number of rotatable bonds is 2. The van der Waals surface area contributed by atoms with Crippen molar-refractivity contribution in [2.45, 2.75) is 12.0 Å². The Morgan fingerprint density at radius 1 is 0.727 bits per heavy atom. The van der Waals surface area contributed by atoms with Crippen molar-refractivity contribution in [1.82, 2.24) is 18.9 Å². The van der Waals surface area contributed by atoms with Crippen molar-refractivity contribution in [3.8, 4) is 22.8 Å². The maximum atomic E-state index is 13.4. The van der Waals surface area contributed by atoms with E-state index in [2.05, 4.69) is 101 Å². The van der Waals surface area contributed by atoms with Gasteiger partial charge in [-0.1, -0.05) is 84.2 Å². The summed E-state index contributed by atoms with van der Waals surface area (Å²) in [5.41, 5.74) is 5.51. The summed E-state index contributed by atoms with van der Waals surface area (Å²) in [6, 6.07) is 33.6. The van der Waals surface area contributed by atoms with Gasteiger partial charge in [0.2, 0.25) is 4.96 Å². The van der Waals surface area contributed by atoms with Crippen molar-refractivity contribution in [3.05, 3.63) is 137 Å². The molecule has 208 valence electrons. The maximum absolute atomic E-state index is 13.4. The average Bonchev–Trinajstić information content (AvgIpc) is 3.73. The Morgan fingerprint density at radius 3 is 2.41 bits per heavy atom. The highest BCUT2D eigenvalue weighted by Gasteiger charge is 2.38. The number of fused-ring (bicyclic) bond motifs is 10. The van der Waals surface area contributed by atoms with Crippen LogP contribution in [0.15, 0.2) is 126 Å². The topological polar surface area (TPSA) is 61.4 Å². The summed E-state index contributed by atoms with van der Waals surface area (Å²) in [7, 11) is 0. The fourth-order valence-electron chi connectivity index (χ4n) is 7.03. The summed E-state index contributed by atoms with van der Waals surface area (Å²) in [4.78, 5) is 23.6. The van der Waals surface area contributed by atoms with E-state index in [9.17, 15) is 4.79 Å². The van der Waals surface area contributed by atoms with Crippen molar-refractivity contribution in [2.24, 2.45) is 0 Å². The smallest absolute Gasteiger partial charge is 0.356 e. The van der Waals surface area contributed by atoms with Crippen LogP contribution in [0.25, 0.3) is 64.8 Å². The lowest BCUT2D eigenvalue weighted by Gasteiger charge is -2.16.